The molecule has 0 radical (unpaired) electrons. The second-order valence-corrected chi connectivity index (χ2v) is 21.5. The van der Waals surface area contributed by atoms with Crippen LogP contribution in [0.25, 0.3) is 11.4 Å². The Balaban J connectivity index is 0.000000176. The van der Waals surface area contributed by atoms with Crippen molar-refractivity contribution in [2.24, 2.45) is 0 Å². The van der Waals surface area contributed by atoms with Crippen LogP contribution in [0.3, 0.4) is 0 Å². The number of halogens is 4. The Morgan fingerprint density at radius 1 is 0.552 bits per heavy atom. The van der Waals surface area contributed by atoms with Gasteiger partial charge >= 0.3 is 110 Å². The van der Waals surface area contributed by atoms with Crippen LogP contribution in [0.1, 0.15) is 0 Å². The predicted molar refractivity (Wildman–Crippen MR) is 117 cm³/mol. The summed E-state index contributed by atoms with van der Waals surface area (Å²) in [6.45, 7) is 0. The van der Waals surface area contributed by atoms with Crippen LogP contribution in [0.15, 0.2) is 97.3 Å². The van der Waals surface area contributed by atoms with Crippen LogP contribution in [-0.4, -0.2) is 26.1 Å². The molecule has 2 aromatic heterocycles. The first-order chi connectivity index (χ1) is 14.0. The maximum Gasteiger partial charge on any atom is 0.0886 e. The summed E-state index contributed by atoms with van der Waals surface area (Å²) < 4.78 is 27.1. The molecule has 0 aliphatic carbocycles. The molecule has 0 unspecified atom stereocenters. The van der Waals surface area contributed by atoms with Gasteiger partial charge in [-0.15, -0.1) is 0 Å². The fourth-order valence-corrected chi connectivity index (χ4v) is 10.2. The minimum atomic E-state index is -3.70. The molecule has 0 spiro atoms. The van der Waals surface area contributed by atoms with Crippen molar-refractivity contribution in [3.8, 4) is 11.4 Å². The van der Waals surface area contributed by atoms with E-state index in [4.69, 9.17) is 17.8 Å². The summed E-state index contributed by atoms with van der Waals surface area (Å²) in [5, 5.41) is 0. The minimum Gasteiger partial charge on any atom is -0.255 e. The number of pyridine rings is 2. The zero-order valence-electron chi connectivity index (χ0n) is 15.1. The maximum absolute atomic E-state index is 12.8. The van der Waals surface area contributed by atoms with E-state index in [1.165, 1.54) is 24.3 Å². The first-order valence-corrected chi connectivity index (χ1v) is 18.8. The molecule has 2 nitrogen and oxygen atoms in total. The van der Waals surface area contributed by atoms with E-state index in [1.54, 1.807) is 36.7 Å². The normalized spacial score (nSPS) is 10.8. The van der Waals surface area contributed by atoms with Gasteiger partial charge in [0.05, 0.1) is 11.4 Å². The molecule has 0 saturated carbocycles. The van der Waals surface area contributed by atoms with Crippen LogP contribution in [0.2, 0.25) is 0 Å². The van der Waals surface area contributed by atoms with E-state index in [0.29, 0.717) is 0 Å². The monoisotopic (exact) mass is 536 g/mol. The Hall–Kier alpha value is -2.02. The van der Waals surface area contributed by atoms with Gasteiger partial charge in [-0.1, -0.05) is 12.1 Å². The van der Waals surface area contributed by atoms with Gasteiger partial charge in [-0.3, -0.25) is 9.97 Å². The third-order valence-electron chi connectivity index (χ3n) is 4.01. The molecule has 29 heavy (non-hydrogen) atoms. The molecule has 0 bridgehead atoms. The van der Waals surface area contributed by atoms with Crippen molar-refractivity contribution in [2.75, 3.05) is 0 Å². The zero-order chi connectivity index (χ0) is 20.7. The molecule has 2 heterocycles. The Labute approximate surface area is 179 Å². The number of benzene rings is 2. The Kier molecular flexibility index (Phi) is 7.58. The molecule has 0 amide bonds. The first-order valence-electron chi connectivity index (χ1n) is 8.69. The van der Waals surface area contributed by atoms with Gasteiger partial charge in [-0.05, 0) is 24.3 Å². The summed E-state index contributed by atoms with van der Waals surface area (Å²) in [6, 6.07) is 23.3. The van der Waals surface area contributed by atoms with Crippen molar-refractivity contribution in [1.82, 2.24) is 9.97 Å². The average Bonchev–Trinajstić information content (AvgIpc) is 2.76. The molecule has 4 rings (SSSR count). The predicted octanol–water partition coefficient (Wildman–Crippen LogP) is 5.14. The third kappa shape index (κ3) is 5.98. The molecular formula is C22H16Cl2F2N2Sn. The first kappa shape index (κ1) is 21.7. The third-order valence-corrected chi connectivity index (χ3v) is 15.9. The van der Waals surface area contributed by atoms with Crippen molar-refractivity contribution in [1.29, 1.82) is 0 Å². The molecule has 7 heteroatoms. The Bertz CT molecular complexity index is 945. The molecule has 0 saturated heterocycles. The molecule has 0 N–H and O–H groups in total. The molecule has 0 fully saturated rings. The number of nitrogens with zero attached hydrogens (tertiary/aromatic N) is 2. The van der Waals surface area contributed by atoms with E-state index in [0.717, 1.165) is 18.5 Å². The molecule has 4 aromatic rings. The van der Waals surface area contributed by atoms with Gasteiger partial charge in [0.2, 0.25) is 0 Å². The molecular weight excluding hydrogens is 520 g/mol. The minimum absolute atomic E-state index is 0.330. The summed E-state index contributed by atoms with van der Waals surface area (Å²) in [5.41, 5.74) is 1.83. The second-order valence-electron chi connectivity index (χ2n) is 6.02. The molecule has 0 atom stereocenters. The summed E-state index contributed by atoms with van der Waals surface area (Å²) in [5.74, 6) is -0.661. The Morgan fingerprint density at radius 2 is 0.931 bits per heavy atom. The maximum atomic E-state index is 12.8. The smallest absolute Gasteiger partial charge is 0.0886 e. The van der Waals surface area contributed by atoms with Crippen molar-refractivity contribution in [3.63, 3.8) is 0 Å². The largest absolute Gasteiger partial charge is 0.255 e. The van der Waals surface area contributed by atoms with E-state index in [1.807, 2.05) is 36.4 Å². The van der Waals surface area contributed by atoms with Crippen LogP contribution in [0.4, 0.5) is 8.78 Å². The topological polar surface area (TPSA) is 25.8 Å². The van der Waals surface area contributed by atoms with Gasteiger partial charge in [0.1, 0.15) is 0 Å². The van der Waals surface area contributed by atoms with E-state index < -0.39 is 16.1 Å². The van der Waals surface area contributed by atoms with Crippen molar-refractivity contribution < 1.29 is 8.78 Å². The SMILES string of the molecule is Fc1cc[c]([Sn]([Cl])([Cl])[c]2ccc(F)cc2)cc1.c1ccc(-c2ccccn2)nc1. The fraction of sp³-hybridized carbons (Fsp3) is 0. The van der Waals surface area contributed by atoms with E-state index in [-0.39, 0.29) is 11.6 Å². The Morgan fingerprint density at radius 3 is 1.24 bits per heavy atom. The van der Waals surface area contributed by atoms with Crippen molar-refractivity contribution >= 4 is 41.1 Å². The average molecular weight is 536 g/mol. The zero-order valence-corrected chi connectivity index (χ0v) is 19.5. The van der Waals surface area contributed by atoms with Crippen LogP contribution in [-0.2, 0) is 0 Å². The van der Waals surface area contributed by atoms with Crippen LogP contribution in [0, 0.1) is 11.6 Å². The summed E-state index contributed by atoms with van der Waals surface area (Å²) in [6.07, 6.45) is 3.54. The van der Waals surface area contributed by atoms with Crippen LogP contribution in [0.5, 0.6) is 0 Å². The molecule has 0 aliphatic rings. The standard InChI is InChI=1S/C10H8N2.2C6H4F.2ClH.Sn/c1-3-7-11-9(5-1)10-6-2-4-8-12-10;2*7-6-4-2-1-3-5-6;;;/h1-8H;2*2-5H;2*1H;/q;;;;;+2/p-2. The fourth-order valence-electron chi connectivity index (χ4n) is 2.51. The summed E-state index contributed by atoms with van der Waals surface area (Å²) in [7, 11) is 12.8. The number of rotatable bonds is 3. The van der Waals surface area contributed by atoms with Crippen LogP contribution >= 0.6 is 17.8 Å². The molecule has 146 valence electrons. The van der Waals surface area contributed by atoms with Crippen LogP contribution < -0.4 is 7.16 Å². The van der Waals surface area contributed by atoms with E-state index in [9.17, 15) is 8.78 Å². The summed E-state index contributed by atoms with van der Waals surface area (Å²) >= 11 is -3.70. The van der Waals surface area contributed by atoms with Gasteiger partial charge in [-0.25, -0.2) is 0 Å². The van der Waals surface area contributed by atoms with Gasteiger partial charge in [0.15, 0.2) is 0 Å². The van der Waals surface area contributed by atoms with Crippen molar-refractivity contribution in [3.05, 3.63) is 109 Å². The van der Waals surface area contributed by atoms with E-state index >= 15 is 0 Å². The van der Waals surface area contributed by atoms with Gasteiger partial charge < -0.3 is 0 Å². The van der Waals surface area contributed by atoms with Gasteiger partial charge in [-0.2, -0.15) is 0 Å². The van der Waals surface area contributed by atoms with Gasteiger partial charge in [0.25, 0.3) is 0 Å². The second kappa shape index (κ2) is 10.1. The van der Waals surface area contributed by atoms with Crippen molar-refractivity contribution in [2.45, 2.75) is 0 Å². The molecule has 0 aliphatic heterocycles. The number of hydrogen-bond acceptors (Lipinski definition) is 2. The van der Waals surface area contributed by atoms with E-state index in [2.05, 4.69) is 9.97 Å². The number of hydrogen-bond donors (Lipinski definition) is 0. The quantitative estimate of drug-likeness (QED) is 0.339. The summed E-state index contributed by atoms with van der Waals surface area (Å²) in [4.78, 5) is 8.37. The molecule has 2 aromatic carbocycles. The number of aromatic nitrogens is 2. The van der Waals surface area contributed by atoms with Gasteiger partial charge in [0, 0.05) is 12.4 Å².